The van der Waals surface area contributed by atoms with Crippen molar-refractivity contribution in [2.24, 2.45) is 0 Å². The van der Waals surface area contributed by atoms with Gasteiger partial charge in [0.25, 0.3) is 0 Å². The van der Waals surface area contributed by atoms with E-state index in [1.165, 1.54) is 4.31 Å². The molecule has 2 heterocycles. The van der Waals surface area contributed by atoms with Crippen molar-refractivity contribution in [2.45, 2.75) is 17.4 Å². The molecule has 2 aliphatic heterocycles. The summed E-state index contributed by atoms with van der Waals surface area (Å²) in [5.74, 6) is 2.18. The average Bonchev–Trinajstić information content (AvgIpc) is 2.63. The van der Waals surface area contributed by atoms with Gasteiger partial charge < -0.3 is 10.2 Å². The van der Waals surface area contributed by atoms with E-state index in [4.69, 9.17) is 0 Å². The quantitative estimate of drug-likeness (QED) is 0.810. The Morgan fingerprint density at radius 3 is 2.44 bits per heavy atom. The van der Waals surface area contributed by atoms with E-state index in [2.05, 4.69) is 5.32 Å². The molecule has 0 bridgehead atoms. The first kappa shape index (κ1) is 20.5. The van der Waals surface area contributed by atoms with Gasteiger partial charge in [-0.05, 0) is 12.1 Å². The van der Waals surface area contributed by atoms with Gasteiger partial charge in [0.05, 0.1) is 4.90 Å². The molecule has 3 rings (SSSR count). The number of hydrogen-bond donors (Lipinski definition) is 1. The first-order chi connectivity index (χ1) is 11.6. The Balaban J connectivity index is 0.00000225. The van der Waals surface area contributed by atoms with Crippen LogP contribution >= 0.6 is 24.2 Å². The molecule has 140 valence electrons. The van der Waals surface area contributed by atoms with Crippen LogP contribution in [0.2, 0.25) is 0 Å². The predicted molar refractivity (Wildman–Crippen MR) is 103 cm³/mol. The fourth-order valence-electron chi connectivity index (χ4n) is 3.01. The minimum absolute atomic E-state index is 0. The van der Waals surface area contributed by atoms with Crippen molar-refractivity contribution in [3.8, 4) is 0 Å². The van der Waals surface area contributed by atoms with E-state index >= 15 is 0 Å². The number of carbonyl (C=O) groups is 1. The standard InChI is InChI=1S/C16H23N3O3S2.ClH/c20-16(12-14-13-23-11-6-17-14)18-7-9-19(10-8-18)24(21,22)15-4-2-1-3-5-15;/h1-5,14,17H,6-13H2;1H. The van der Waals surface area contributed by atoms with Gasteiger partial charge in [0.2, 0.25) is 15.9 Å². The van der Waals surface area contributed by atoms with Crippen molar-refractivity contribution in [1.82, 2.24) is 14.5 Å². The Bertz CT molecular complexity index is 658. The van der Waals surface area contributed by atoms with Crippen LogP contribution in [-0.4, -0.2) is 73.8 Å². The molecule has 0 radical (unpaired) electrons. The van der Waals surface area contributed by atoms with Gasteiger partial charge in [-0.2, -0.15) is 16.1 Å². The Labute approximate surface area is 159 Å². The highest BCUT2D eigenvalue weighted by molar-refractivity contribution is 7.99. The van der Waals surface area contributed by atoms with Crippen molar-refractivity contribution in [2.75, 3.05) is 44.2 Å². The molecule has 25 heavy (non-hydrogen) atoms. The zero-order valence-electron chi connectivity index (χ0n) is 14.0. The van der Waals surface area contributed by atoms with Crippen molar-refractivity contribution in [1.29, 1.82) is 0 Å². The summed E-state index contributed by atoms with van der Waals surface area (Å²) in [5, 5.41) is 3.37. The van der Waals surface area contributed by atoms with E-state index < -0.39 is 10.0 Å². The SMILES string of the molecule is Cl.O=C(CC1CSCCN1)N1CCN(S(=O)(=O)c2ccccc2)CC1. The molecule has 2 aliphatic rings. The largest absolute Gasteiger partial charge is 0.340 e. The summed E-state index contributed by atoms with van der Waals surface area (Å²) in [6, 6.07) is 8.71. The first-order valence-corrected chi connectivity index (χ1v) is 10.8. The number of halogens is 1. The van der Waals surface area contributed by atoms with Crippen molar-refractivity contribution < 1.29 is 13.2 Å². The lowest BCUT2D eigenvalue weighted by Gasteiger charge is -2.35. The first-order valence-electron chi connectivity index (χ1n) is 8.21. The molecular weight excluding hydrogens is 382 g/mol. The minimum atomic E-state index is -3.46. The van der Waals surface area contributed by atoms with Crippen molar-refractivity contribution in [3.63, 3.8) is 0 Å². The maximum absolute atomic E-state index is 12.6. The lowest BCUT2D eigenvalue weighted by atomic mass is 10.2. The molecule has 1 aromatic rings. The Kier molecular flexibility index (Phi) is 7.57. The predicted octanol–water partition coefficient (Wildman–Crippen LogP) is 1.04. The van der Waals surface area contributed by atoms with Crippen LogP contribution in [0.5, 0.6) is 0 Å². The number of benzene rings is 1. The van der Waals surface area contributed by atoms with Crippen LogP contribution in [0, 0.1) is 0 Å². The number of piperazine rings is 1. The third-order valence-electron chi connectivity index (χ3n) is 4.39. The van der Waals surface area contributed by atoms with Crippen molar-refractivity contribution in [3.05, 3.63) is 30.3 Å². The number of nitrogens with one attached hydrogen (secondary N) is 1. The molecule has 2 saturated heterocycles. The second-order valence-corrected chi connectivity index (χ2v) is 9.12. The molecule has 1 aromatic carbocycles. The lowest BCUT2D eigenvalue weighted by Crippen LogP contribution is -2.52. The lowest BCUT2D eigenvalue weighted by molar-refractivity contribution is -0.132. The molecule has 0 saturated carbocycles. The van der Waals surface area contributed by atoms with Gasteiger partial charge in [0.15, 0.2) is 0 Å². The van der Waals surface area contributed by atoms with Gasteiger partial charge in [-0.1, -0.05) is 18.2 Å². The Morgan fingerprint density at radius 2 is 1.84 bits per heavy atom. The molecule has 0 aromatic heterocycles. The monoisotopic (exact) mass is 405 g/mol. The Morgan fingerprint density at radius 1 is 1.16 bits per heavy atom. The molecule has 6 nitrogen and oxygen atoms in total. The van der Waals surface area contributed by atoms with E-state index in [0.29, 0.717) is 37.5 Å². The molecule has 1 N–H and O–H groups in total. The number of sulfonamides is 1. The van der Waals surface area contributed by atoms with Crippen molar-refractivity contribution >= 4 is 40.1 Å². The summed E-state index contributed by atoms with van der Waals surface area (Å²) in [4.78, 5) is 14.5. The van der Waals surface area contributed by atoms with Gasteiger partial charge in [0.1, 0.15) is 0 Å². The molecule has 0 aliphatic carbocycles. The summed E-state index contributed by atoms with van der Waals surface area (Å²) in [6.07, 6.45) is 0.498. The van der Waals surface area contributed by atoms with Crippen LogP contribution in [0.15, 0.2) is 35.2 Å². The second-order valence-electron chi connectivity index (χ2n) is 6.03. The highest BCUT2D eigenvalue weighted by Gasteiger charge is 2.30. The van der Waals surface area contributed by atoms with E-state index in [1.54, 1.807) is 35.2 Å². The number of carbonyl (C=O) groups excluding carboxylic acids is 1. The highest BCUT2D eigenvalue weighted by Crippen LogP contribution is 2.18. The van der Waals surface area contributed by atoms with E-state index in [-0.39, 0.29) is 24.4 Å². The zero-order valence-corrected chi connectivity index (χ0v) is 16.4. The summed E-state index contributed by atoms with van der Waals surface area (Å²) in [5.41, 5.74) is 0. The zero-order chi connectivity index (χ0) is 17.0. The van der Waals surface area contributed by atoms with E-state index in [1.807, 2.05) is 11.8 Å². The van der Waals surface area contributed by atoms with Crippen LogP contribution in [0.25, 0.3) is 0 Å². The Hall–Kier alpha value is -0.800. The summed E-state index contributed by atoms with van der Waals surface area (Å²) < 4.78 is 26.7. The molecule has 1 atom stereocenters. The van der Waals surface area contributed by atoms with Gasteiger partial charge in [-0.15, -0.1) is 12.4 Å². The number of nitrogens with zero attached hydrogens (tertiary/aromatic N) is 2. The second kappa shape index (κ2) is 9.23. The highest BCUT2D eigenvalue weighted by atomic mass is 35.5. The third-order valence-corrected chi connectivity index (χ3v) is 7.44. The number of hydrogen-bond acceptors (Lipinski definition) is 5. The van der Waals surface area contributed by atoms with Gasteiger partial charge in [0, 0.05) is 56.7 Å². The summed E-state index contributed by atoms with van der Waals surface area (Å²) in [6.45, 7) is 2.59. The molecule has 0 spiro atoms. The molecule has 1 amide bonds. The van der Waals surface area contributed by atoms with Gasteiger partial charge in [-0.25, -0.2) is 8.42 Å². The van der Waals surface area contributed by atoms with E-state index in [0.717, 1.165) is 18.1 Å². The maximum atomic E-state index is 12.6. The molecular formula is C16H24ClN3O3S2. The van der Waals surface area contributed by atoms with Crippen LogP contribution in [-0.2, 0) is 14.8 Å². The van der Waals surface area contributed by atoms with Crippen LogP contribution in [0.3, 0.4) is 0 Å². The topological polar surface area (TPSA) is 69.7 Å². The van der Waals surface area contributed by atoms with Crippen LogP contribution < -0.4 is 5.32 Å². The molecule has 2 fully saturated rings. The molecule has 1 unspecified atom stereocenters. The number of rotatable bonds is 4. The van der Waals surface area contributed by atoms with Crippen LogP contribution in [0.4, 0.5) is 0 Å². The third kappa shape index (κ3) is 5.10. The maximum Gasteiger partial charge on any atom is 0.243 e. The normalized spacial score (nSPS) is 22.2. The summed E-state index contributed by atoms with van der Waals surface area (Å²) >= 11 is 1.87. The minimum Gasteiger partial charge on any atom is -0.340 e. The van der Waals surface area contributed by atoms with Gasteiger partial charge >= 0.3 is 0 Å². The summed E-state index contributed by atoms with van der Waals surface area (Å²) in [7, 11) is -3.46. The van der Waals surface area contributed by atoms with E-state index in [9.17, 15) is 13.2 Å². The number of amides is 1. The van der Waals surface area contributed by atoms with Gasteiger partial charge in [-0.3, -0.25) is 4.79 Å². The fourth-order valence-corrected chi connectivity index (χ4v) is 5.40. The molecule has 9 heteroatoms. The fraction of sp³-hybridized carbons (Fsp3) is 0.562. The average molecular weight is 406 g/mol. The smallest absolute Gasteiger partial charge is 0.243 e. The van der Waals surface area contributed by atoms with Crippen LogP contribution in [0.1, 0.15) is 6.42 Å². The number of thioether (sulfide) groups is 1.